The van der Waals surface area contributed by atoms with Gasteiger partial charge in [0.1, 0.15) is 5.60 Å². The summed E-state index contributed by atoms with van der Waals surface area (Å²) in [6, 6.07) is 0. The maximum Gasteiger partial charge on any atom is 0.408 e. The fourth-order valence-electron chi connectivity index (χ4n) is 0.516. The first-order chi connectivity index (χ1) is 5.45. The van der Waals surface area contributed by atoms with E-state index in [-0.39, 0.29) is 0 Å². The summed E-state index contributed by atoms with van der Waals surface area (Å²) < 4.78 is 9.64. The topological polar surface area (TPSA) is 47.6 Å². The molecule has 0 aliphatic heterocycles. The second kappa shape index (κ2) is 4.98. The van der Waals surface area contributed by atoms with Crippen molar-refractivity contribution >= 4 is 6.09 Å². The van der Waals surface area contributed by atoms with E-state index in [0.717, 1.165) is 0 Å². The molecular weight excluding hydrogens is 158 g/mol. The summed E-state index contributed by atoms with van der Waals surface area (Å²) >= 11 is 0. The minimum atomic E-state index is -0.459. The van der Waals surface area contributed by atoms with Crippen LogP contribution in [-0.4, -0.2) is 25.4 Å². The van der Waals surface area contributed by atoms with Crippen LogP contribution in [0.4, 0.5) is 4.79 Å². The zero-order valence-corrected chi connectivity index (χ0v) is 8.01. The Labute approximate surface area is 73.2 Å². The second-order valence-corrected chi connectivity index (χ2v) is 3.31. The van der Waals surface area contributed by atoms with Crippen LogP contribution in [0.25, 0.3) is 0 Å². The van der Waals surface area contributed by atoms with E-state index in [0.29, 0.717) is 6.61 Å². The molecule has 0 aromatic heterocycles. The van der Waals surface area contributed by atoms with Gasteiger partial charge in [-0.15, -0.1) is 0 Å². The zero-order valence-electron chi connectivity index (χ0n) is 8.01. The summed E-state index contributed by atoms with van der Waals surface area (Å²) in [5.74, 6) is 0. The molecule has 1 amide bonds. The van der Waals surface area contributed by atoms with E-state index in [9.17, 15) is 4.79 Å². The van der Waals surface area contributed by atoms with Crippen LogP contribution in [-0.2, 0) is 9.47 Å². The fraction of sp³-hybridized carbons (Fsp3) is 0.750. The number of rotatable bonds is 3. The summed E-state index contributed by atoms with van der Waals surface area (Å²) in [7, 11) is 1.55. The molecule has 0 atom stereocenters. The summed E-state index contributed by atoms with van der Waals surface area (Å²) in [5, 5.41) is 2.43. The summed E-state index contributed by atoms with van der Waals surface area (Å²) in [4.78, 5) is 10.9. The van der Waals surface area contributed by atoms with Gasteiger partial charge in [0.05, 0.1) is 13.2 Å². The Balaban J connectivity index is 3.47. The van der Waals surface area contributed by atoms with Crippen molar-refractivity contribution in [2.45, 2.75) is 26.4 Å². The first-order valence-electron chi connectivity index (χ1n) is 3.76. The number of ether oxygens (including phenoxy) is 2. The van der Waals surface area contributed by atoms with Crippen molar-refractivity contribution in [3.8, 4) is 0 Å². The summed E-state index contributed by atoms with van der Waals surface area (Å²) in [5.41, 5.74) is -0.453. The third-order valence-electron chi connectivity index (χ3n) is 0.869. The van der Waals surface area contributed by atoms with Gasteiger partial charge in [0.15, 0.2) is 0 Å². The Hall–Kier alpha value is -0.770. The molecule has 1 N–H and O–H groups in total. The monoisotopic (exact) mass is 174 g/mol. The van der Waals surface area contributed by atoms with Gasteiger partial charge in [0.25, 0.3) is 0 Å². The van der Waals surface area contributed by atoms with E-state index in [2.05, 4.69) is 5.32 Å². The van der Waals surface area contributed by atoms with Crippen LogP contribution in [0.2, 0.25) is 0 Å². The van der Waals surface area contributed by atoms with Gasteiger partial charge in [-0.2, -0.15) is 0 Å². The number of nitrogens with one attached hydrogen (secondary N) is 1. The Morgan fingerprint density at radius 1 is 1.50 bits per heavy atom. The van der Waals surface area contributed by atoms with Gasteiger partial charge in [-0.05, 0) is 20.8 Å². The van der Waals surface area contributed by atoms with Gasteiger partial charge in [-0.25, -0.2) is 4.79 Å². The first kappa shape index (κ1) is 11.2. The van der Waals surface area contributed by atoms with Gasteiger partial charge in [-0.1, -0.05) is 0 Å². The molecule has 4 nitrogen and oxygen atoms in total. The van der Waals surface area contributed by atoms with E-state index in [1.807, 2.05) is 20.8 Å². The molecule has 71 valence electrons. The second-order valence-electron chi connectivity index (χ2n) is 3.31. The van der Waals surface area contributed by atoms with E-state index in [4.69, 9.17) is 9.47 Å². The van der Waals surface area contributed by atoms with E-state index in [1.54, 1.807) is 7.11 Å². The van der Waals surface area contributed by atoms with E-state index >= 15 is 0 Å². The lowest BCUT2D eigenvalue weighted by molar-refractivity contribution is 0.0532. The van der Waals surface area contributed by atoms with Crippen LogP contribution in [0.3, 0.4) is 0 Å². The minimum Gasteiger partial charge on any atom is -0.444 e. The molecule has 0 aromatic carbocycles. The molecule has 0 bridgehead atoms. The maximum atomic E-state index is 10.9. The molecule has 0 saturated heterocycles. The molecule has 1 radical (unpaired) electrons. The third-order valence-corrected chi connectivity index (χ3v) is 0.869. The highest BCUT2D eigenvalue weighted by atomic mass is 16.6. The molecule has 0 aliphatic carbocycles. The Morgan fingerprint density at radius 2 is 2.08 bits per heavy atom. The molecular formula is C8H16NO3. The zero-order chi connectivity index (χ0) is 9.61. The van der Waals surface area contributed by atoms with Gasteiger partial charge < -0.3 is 14.8 Å². The van der Waals surface area contributed by atoms with Crippen LogP contribution in [0.1, 0.15) is 20.8 Å². The highest BCUT2D eigenvalue weighted by Crippen LogP contribution is 2.06. The van der Waals surface area contributed by atoms with Crippen LogP contribution in [0, 0.1) is 6.54 Å². The number of amides is 1. The molecule has 4 heteroatoms. The van der Waals surface area contributed by atoms with Crippen molar-refractivity contribution in [1.29, 1.82) is 0 Å². The lowest BCUT2D eigenvalue weighted by Crippen LogP contribution is -2.31. The van der Waals surface area contributed by atoms with Crippen molar-refractivity contribution < 1.29 is 14.3 Å². The van der Waals surface area contributed by atoms with E-state index in [1.165, 1.54) is 6.54 Å². The number of carbonyl (C=O) groups excluding carboxylic acids is 1. The Bertz CT molecular complexity index is 140. The van der Waals surface area contributed by atoms with Crippen molar-refractivity contribution in [3.63, 3.8) is 0 Å². The Morgan fingerprint density at radius 3 is 2.50 bits per heavy atom. The number of hydrogen-bond donors (Lipinski definition) is 1. The van der Waals surface area contributed by atoms with Gasteiger partial charge in [-0.3, -0.25) is 0 Å². The standard InChI is InChI=1S/C8H16NO3/c1-8(2,3)12-7(10)9-5-6-11-4/h5H,6H2,1-4H3,(H,9,10). The average molecular weight is 174 g/mol. The first-order valence-corrected chi connectivity index (χ1v) is 3.76. The highest BCUT2D eigenvalue weighted by molar-refractivity contribution is 5.68. The molecule has 0 unspecified atom stereocenters. The quantitative estimate of drug-likeness (QED) is 0.656. The predicted molar refractivity (Wildman–Crippen MR) is 45.5 cm³/mol. The lowest BCUT2D eigenvalue weighted by atomic mass is 10.2. The molecule has 0 heterocycles. The fourth-order valence-corrected chi connectivity index (χ4v) is 0.516. The van der Waals surface area contributed by atoms with Crippen molar-refractivity contribution in [2.75, 3.05) is 13.7 Å². The molecule has 0 aromatic rings. The molecule has 0 spiro atoms. The van der Waals surface area contributed by atoms with Crippen molar-refractivity contribution in [1.82, 2.24) is 5.32 Å². The van der Waals surface area contributed by atoms with Crippen LogP contribution in [0.5, 0.6) is 0 Å². The number of carbonyl (C=O) groups is 1. The SMILES string of the molecule is COC[CH]NC(=O)OC(C)(C)C. The average Bonchev–Trinajstić information content (AvgIpc) is 1.84. The summed E-state index contributed by atoms with van der Waals surface area (Å²) in [6.45, 7) is 7.29. The third kappa shape index (κ3) is 7.34. The van der Waals surface area contributed by atoms with Crippen LogP contribution >= 0.6 is 0 Å². The molecule has 12 heavy (non-hydrogen) atoms. The minimum absolute atomic E-state index is 0.374. The summed E-state index contributed by atoms with van der Waals surface area (Å²) in [6.07, 6.45) is -0.459. The normalized spacial score (nSPS) is 11.0. The maximum absolute atomic E-state index is 10.9. The van der Waals surface area contributed by atoms with E-state index < -0.39 is 11.7 Å². The van der Waals surface area contributed by atoms with Crippen molar-refractivity contribution in [2.24, 2.45) is 0 Å². The van der Waals surface area contributed by atoms with Crippen molar-refractivity contribution in [3.05, 3.63) is 6.54 Å². The molecule has 0 fully saturated rings. The highest BCUT2D eigenvalue weighted by Gasteiger charge is 2.15. The van der Waals surface area contributed by atoms with Gasteiger partial charge >= 0.3 is 6.09 Å². The number of alkyl carbamates (subject to hydrolysis) is 1. The smallest absolute Gasteiger partial charge is 0.408 e. The largest absolute Gasteiger partial charge is 0.444 e. The number of hydrogen-bond acceptors (Lipinski definition) is 3. The Kier molecular flexibility index (Phi) is 4.66. The van der Waals surface area contributed by atoms with Gasteiger partial charge in [0.2, 0.25) is 0 Å². The lowest BCUT2D eigenvalue weighted by Gasteiger charge is -2.19. The molecule has 0 aliphatic rings. The van der Waals surface area contributed by atoms with Crippen LogP contribution in [0.15, 0.2) is 0 Å². The molecule has 0 saturated carbocycles. The van der Waals surface area contributed by atoms with Crippen LogP contribution < -0.4 is 5.32 Å². The number of methoxy groups -OCH3 is 1. The predicted octanol–water partition coefficient (Wildman–Crippen LogP) is 1.32. The molecule has 0 rings (SSSR count). The van der Waals surface area contributed by atoms with Gasteiger partial charge in [0, 0.05) is 7.11 Å².